The summed E-state index contributed by atoms with van der Waals surface area (Å²) in [5.74, 6) is 0.952. The van der Waals surface area contributed by atoms with E-state index < -0.39 is 10.0 Å². The first kappa shape index (κ1) is 20.2. The molecular weight excluding hydrogens is 386 g/mol. The van der Waals surface area contributed by atoms with Crippen molar-refractivity contribution in [2.24, 2.45) is 0 Å². The summed E-state index contributed by atoms with van der Waals surface area (Å²) in [7, 11) is 0.0732. The molecular formula is C22H29N3O3S. The zero-order valence-electron chi connectivity index (χ0n) is 17.0. The molecule has 2 atom stereocenters. The van der Waals surface area contributed by atoms with Gasteiger partial charge in [-0.25, -0.2) is 8.42 Å². The molecule has 1 saturated heterocycles. The lowest BCUT2D eigenvalue weighted by Crippen LogP contribution is -2.45. The highest BCUT2D eigenvalue weighted by atomic mass is 32.2. The minimum atomic E-state index is -3.23. The van der Waals surface area contributed by atoms with Gasteiger partial charge in [0.15, 0.2) is 0 Å². The lowest BCUT2D eigenvalue weighted by Gasteiger charge is -2.34. The Balaban J connectivity index is 1.56. The summed E-state index contributed by atoms with van der Waals surface area (Å²) in [4.78, 5) is 0. The van der Waals surface area contributed by atoms with Crippen molar-refractivity contribution in [2.45, 2.75) is 37.9 Å². The Morgan fingerprint density at radius 2 is 2.03 bits per heavy atom. The summed E-state index contributed by atoms with van der Waals surface area (Å²) in [6, 6.07) is 15.0. The van der Waals surface area contributed by atoms with Gasteiger partial charge < -0.3 is 15.4 Å². The van der Waals surface area contributed by atoms with Crippen molar-refractivity contribution in [3.05, 3.63) is 59.2 Å². The third kappa shape index (κ3) is 4.13. The van der Waals surface area contributed by atoms with Crippen molar-refractivity contribution >= 4 is 15.7 Å². The maximum Gasteiger partial charge on any atom is 0.235 e. The van der Waals surface area contributed by atoms with E-state index in [9.17, 15) is 8.42 Å². The van der Waals surface area contributed by atoms with Crippen LogP contribution in [0.5, 0.6) is 5.75 Å². The molecule has 156 valence electrons. The second-order valence-corrected chi connectivity index (χ2v) is 9.92. The number of fused-ring (bicyclic) bond motifs is 1. The van der Waals surface area contributed by atoms with E-state index in [1.165, 1.54) is 9.87 Å². The smallest absolute Gasteiger partial charge is 0.235 e. The normalized spacial score (nSPS) is 23.4. The largest absolute Gasteiger partial charge is 0.496 e. The van der Waals surface area contributed by atoms with Gasteiger partial charge in [-0.15, -0.1) is 0 Å². The molecule has 2 aromatic carbocycles. The fourth-order valence-electron chi connectivity index (χ4n) is 4.36. The molecule has 2 heterocycles. The van der Waals surface area contributed by atoms with Crippen molar-refractivity contribution < 1.29 is 13.2 Å². The monoisotopic (exact) mass is 415 g/mol. The van der Waals surface area contributed by atoms with Crippen molar-refractivity contribution in [1.82, 2.24) is 10.6 Å². The molecule has 2 unspecified atom stereocenters. The van der Waals surface area contributed by atoms with Crippen LogP contribution in [0.15, 0.2) is 42.5 Å². The Hall–Kier alpha value is -2.09. The summed E-state index contributed by atoms with van der Waals surface area (Å²) in [5, 5.41) is 7.33. The number of benzene rings is 2. The third-order valence-corrected chi connectivity index (χ3v) is 7.79. The van der Waals surface area contributed by atoms with Gasteiger partial charge in [-0.05, 0) is 49.1 Å². The first-order valence-corrected chi connectivity index (χ1v) is 11.8. The predicted molar refractivity (Wildman–Crippen MR) is 116 cm³/mol. The van der Waals surface area contributed by atoms with Crippen LogP contribution in [0.4, 0.5) is 5.69 Å². The summed E-state index contributed by atoms with van der Waals surface area (Å²) in [6.07, 6.45) is 2.74. The molecule has 6 nitrogen and oxygen atoms in total. The van der Waals surface area contributed by atoms with Gasteiger partial charge >= 0.3 is 0 Å². The van der Waals surface area contributed by atoms with Crippen molar-refractivity contribution in [2.75, 3.05) is 30.8 Å². The van der Waals surface area contributed by atoms with Crippen LogP contribution in [0.3, 0.4) is 0 Å². The van der Waals surface area contributed by atoms with Crippen molar-refractivity contribution in [3.8, 4) is 5.75 Å². The number of anilines is 1. The zero-order chi connectivity index (χ0) is 20.4. The van der Waals surface area contributed by atoms with Crippen LogP contribution in [0.2, 0.25) is 0 Å². The number of rotatable bonds is 5. The molecule has 2 aliphatic heterocycles. The van der Waals surface area contributed by atoms with Crippen LogP contribution in [0.25, 0.3) is 0 Å². The molecule has 0 spiro atoms. The van der Waals surface area contributed by atoms with E-state index in [1.54, 1.807) is 14.2 Å². The molecule has 0 aliphatic carbocycles. The van der Waals surface area contributed by atoms with Crippen LogP contribution in [0, 0.1) is 0 Å². The molecule has 4 rings (SSSR count). The second kappa shape index (κ2) is 8.34. The number of sulfonamides is 1. The highest BCUT2D eigenvalue weighted by Gasteiger charge is 2.29. The molecule has 2 aromatic rings. The van der Waals surface area contributed by atoms with Gasteiger partial charge in [0, 0.05) is 31.2 Å². The Kier molecular flexibility index (Phi) is 5.81. The predicted octanol–water partition coefficient (Wildman–Crippen LogP) is 2.60. The van der Waals surface area contributed by atoms with Crippen LogP contribution < -0.4 is 19.7 Å². The summed E-state index contributed by atoms with van der Waals surface area (Å²) in [5.41, 5.74) is 4.04. The molecule has 7 heteroatoms. The summed E-state index contributed by atoms with van der Waals surface area (Å²) >= 11 is 0. The maximum atomic E-state index is 12.3. The third-order valence-electron chi connectivity index (χ3n) is 6.04. The fraction of sp³-hybridized carbons (Fsp3) is 0.455. The number of nitrogens with zero attached hydrogens (tertiary/aromatic N) is 1. The lowest BCUT2D eigenvalue weighted by molar-refractivity contribution is 0.303. The van der Waals surface area contributed by atoms with Gasteiger partial charge in [0.2, 0.25) is 10.0 Å². The molecule has 2 N–H and O–H groups in total. The molecule has 1 fully saturated rings. The number of aryl methyl sites for hydroxylation is 1. The SMILES string of the molecule is COc1cc2c(cc1CNC1CCCNC1c1ccccc1)N(C)S(=O)(=O)CC2. The number of hydrogen-bond donors (Lipinski definition) is 2. The van der Waals surface area contributed by atoms with Crippen LogP contribution >= 0.6 is 0 Å². The Bertz CT molecular complexity index is 963. The molecule has 0 aromatic heterocycles. The lowest BCUT2D eigenvalue weighted by atomic mass is 9.92. The van der Waals surface area contributed by atoms with E-state index in [0.29, 0.717) is 19.0 Å². The number of hydrogen-bond acceptors (Lipinski definition) is 5. The van der Waals surface area contributed by atoms with E-state index >= 15 is 0 Å². The highest BCUT2D eigenvalue weighted by Crippen LogP contribution is 2.34. The van der Waals surface area contributed by atoms with Crippen LogP contribution in [0.1, 0.15) is 35.6 Å². The van der Waals surface area contributed by atoms with Gasteiger partial charge in [0.1, 0.15) is 5.75 Å². The average molecular weight is 416 g/mol. The Morgan fingerprint density at radius 3 is 2.79 bits per heavy atom. The van der Waals surface area contributed by atoms with Gasteiger partial charge in [0.05, 0.1) is 18.6 Å². The fourth-order valence-corrected chi connectivity index (χ4v) is 5.58. The minimum Gasteiger partial charge on any atom is -0.496 e. The number of ether oxygens (including phenoxy) is 1. The molecule has 0 bridgehead atoms. The molecule has 0 amide bonds. The first-order valence-electron chi connectivity index (χ1n) is 10.2. The average Bonchev–Trinajstić information content (AvgIpc) is 2.75. The minimum absolute atomic E-state index is 0.143. The van der Waals surface area contributed by atoms with Gasteiger partial charge in [0.25, 0.3) is 0 Å². The highest BCUT2D eigenvalue weighted by molar-refractivity contribution is 7.92. The Morgan fingerprint density at radius 1 is 1.24 bits per heavy atom. The molecule has 29 heavy (non-hydrogen) atoms. The van der Waals surface area contributed by atoms with Crippen LogP contribution in [-0.2, 0) is 23.0 Å². The number of piperidine rings is 1. The quantitative estimate of drug-likeness (QED) is 0.786. The van der Waals surface area contributed by atoms with E-state index in [4.69, 9.17) is 4.74 Å². The summed E-state index contributed by atoms with van der Waals surface area (Å²) in [6.45, 7) is 1.64. The zero-order valence-corrected chi connectivity index (χ0v) is 17.8. The molecule has 0 saturated carbocycles. The van der Waals surface area contributed by atoms with Gasteiger partial charge in [-0.1, -0.05) is 30.3 Å². The van der Waals surface area contributed by atoms with E-state index in [1.807, 2.05) is 18.2 Å². The van der Waals surface area contributed by atoms with E-state index in [2.05, 4.69) is 34.9 Å². The van der Waals surface area contributed by atoms with Crippen LogP contribution in [-0.4, -0.2) is 40.9 Å². The maximum absolute atomic E-state index is 12.3. The number of nitrogens with one attached hydrogen (secondary N) is 2. The van der Waals surface area contributed by atoms with E-state index in [0.717, 1.165) is 42.0 Å². The first-order chi connectivity index (χ1) is 14.0. The van der Waals surface area contributed by atoms with Gasteiger partial charge in [-0.3, -0.25) is 4.31 Å². The van der Waals surface area contributed by atoms with Crippen molar-refractivity contribution in [1.29, 1.82) is 0 Å². The Labute approximate surface area is 173 Å². The van der Waals surface area contributed by atoms with Gasteiger partial charge in [-0.2, -0.15) is 0 Å². The second-order valence-electron chi connectivity index (χ2n) is 7.80. The molecule has 0 radical (unpaired) electrons. The van der Waals surface area contributed by atoms with E-state index in [-0.39, 0.29) is 11.8 Å². The van der Waals surface area contributed by atoms with Crippen molar-refractivity contribution in [3.63, 3.8) is 0 Å². The standard InChI is InChI=1S/C22H29N3O3S/c1-25-20-13-18(21(28-2)14-17(20)10-12-29(25,26)27)15-24-19-9-6-11-23-22(19)16-7-4-3-5-8-16/h3-5,7-8,13-14,19,22-24H,6,9-12,15H2,1-2H3. The molecule has 2 aliphatic rings. The topological polar surface area (TPSA) is 70.7 Å². The summed E-state index contributed by atoms with van der Waals surface area (Å²) < 4.78 is 31.6. The number of methoxy groups -OCH3 is 1.